The van der Waals surface area contributed by atoms with E-state index in [0.717, 1.165) is 34.5 Å². The summed E-state index contributed by atoms with van der Waals surface area (Å²) in [6.45, 7) is 9.56. The molecule has 2 rings (SSSR count). The van der Waals surface area contributed by atoms with Gasteiger partial charge in [0.1, 0.15) is 11.9 Å². The predicted molar refractivity (Wildman–Crippen MR) is 101 cm³/mol. The summed E-state index contributed by atoms with van der Waals surface area (Å²) in [5.74, 6) is 1.69. The lowest BCUT2D eigenvalue weighted by molar-refractivity contribution is 0.222. The minimum absolute atomic E-state index is 0.0389. The number of thiazole rings is 1. The molecule has 0 amide bonds. The van der Waals surface area contributed by atoms with E-state index < -0.39 is 0 Å². The third-order valence-electron chi connectivity index (χ3n) is 3.62. The Hall–Kier alpha value is -2.08. The van der Waals surface area contributed by atoms with E-state index in [9.17, 15) is 0 Å². The van der Waals surface area contributed by atoms with E-state index in [1.54, 1.807) is 18.4 Å². The Morgan fingerprint density at radius 2 is 2.00 bits per heavy atom. The average Bonchev–Trinajstić information content (AvgIpc) is 2.87. The summed E-state index contributed by atoms with van der Waals surface area (Å²) in [6.07, 6.45) is 0.0389. The van der Waals surface area contributed by atoms with Gasteiger partial charge in [-0.3, -0.25) is 4.99 Å². The van der Waals surface area contributed by atoms with E-state index in [0.29, 0.717) is 6.54 Å². The third kappa shape index (κ3) is 5.23. The molecule has 0 aliphatic carbocycles. The van der Waals surface area contributed by atoms with Crippen molar-refractivity contribution in [3.8, 4) is 5.75 Å². The Morgan fingerprint density at radius 1 is 1.25 bits per heavy atom. The summed E-state index contributed by atoms with van der Waals surface area (Å²) in [5.41, 5.74) is 2.22. The van der Waals surface area contributed by atoms with Crippen LogP contribution in [0.25, 0.3) is 0 Å². The van der Waals surface area contributed by atoms with Gasteiger partial charge in [-0.25, -0.2) is 4.98 Å². The van der Waals surface area contributed by atoms with Gasteiger partial charge in [-0.2, -0.15) is 0 Å². The summed E-state index contributed by atoms with van der Waals surface area (Å²) < 4.78 is 5.97. The first-order valence-electron chi connectivity index (χ1n) is 8.09. The first kappa shape index (κ1) is 18.3. The Kier molecular flexibility index (Phi) is 6.61. The maximum atomic E-state index is 5.97. The van der Waals surface area contributed by atoms with Crippen LogP contribution in [0.3, 0.4) is 0 Å². The molecule has 130 valence electrons. The number of para-hydroxylation sites is 1. The molecule has 1 aromatic heterocycles. The van der Waals surface area contributed by atoms with Gasteiger partial charge in [-0.15, -0.1) is 11.3 Å². The minimum Gasteiger partial charge on any atom is -0.489 e. The fraction of sp³-hybridized carbons (Fsp3) is 0.444. The molecule has 2 N–H and O–H groups in total. The Morgan fingerprint density at radius 3 is 2.62 bits per heavy atom. The molecule has 0 saturated carbocycles. The molecule has 0 bridgehead atoms. The van der Waals surface area contributed by atoms with Crippen molar-refractivity contribution in [3.63, 3.8) is 0 Å². The summed E-state index contributed by atoms with van der Waals surface area (Å²) >= 11 is 1.71. The zero-order chi connectivity index (χ0) is 17.5. The van der Waals surface area contributed by atoms with Gasteiger partial charge in [-0.1, -0.05) is 18.2 Å². The second kappa shape index (κ2) is 8.68. The van der Waals surface area contributed by atoms with E-state index in [1.807, 2.05) is 39.0 Å². The van der Waals surface area contributed by atoms with Crippen LogP contribution in [-0.4, -0.2) is 30.6 Å². The molecule has 2 aromatic rings. The molecule has 0 radical (unpaired) electrons. The molecule has 0 saturated heterocycles. The smallest absolute Gasteiger partial charge is 0.191 e. The molecule has 1 aromatic carbocycles. The van der Waals surface area contributed by atoms with E-state index in [2.05, 4.69) is 33.6 Å². The Balaban J connectivity index is 1.81. The summed E-state index contributed by atoms with van der Waals surface area (Å²) in [7, 11) is 1.77. The van der Waals surface area contributed by atoms with Crippen LogP contribution >= 0.6 is 11.3 Å². The van der Waals surface area contributed by atoms with Crippen molar-refractivity contribution in [2.45, 2.75) is 40.3 Å². The average molecular weight is 347 g/mol. The van der Waals surface area contributed by atoms with Crippen molar-refractivity contribution >= 4 is 17.3 Å². The zero-order valence-corrected chi connectivity index (χ0v) is 15.8. The first-order chi connectivity index (χ1) is 11.5. The van der Waals surface area contributed by atoms with Gasteiger partial charge in [0.15, 0.2) is 5.96 Å². The van der Waals surface area contributed by atoms with Crippen LogP contribution in [0, 0.1) is 20.8 Å². The molecule has 0 spiro atoms. The third-order valence-corrected chi connectivity index (χ3v) is 4.69. The van der Waals surface area contributed by atoms with E-state index >= 15 is 0 Å². The molecule has 1 heterocycles. The standard InChI is InChI=1S/C18H26N4OS/c1-12-8-6-7-9-16(12)23-13(2)10-20-18(19-5)21-11-17-14(3)22-15(4)24-17/h6-9,13H,10-11H2,1-5H3,(H2,19,20,21). The van der Waals surface area contributed by atoms with Gasteiger partial charge in [0, 0.05) is 11.9 Å². The molecule has 0 fully saturated rings. The Labute approximate surface area is 148 Å². The van der Waals surface area contributed by atoms with Crippen molar-refractivity contribution in [3.05, 3.63) is 45.4 Å². The second-order valence-electron chi connectivity index (χ2n) is 5.74. The van der Waals surface area contributed by atoms with Crippen molar-refractivity contribution in [2.24, 2.45) is 4.99 Å². The highest BCUT2D eigenvalue weighted by molar-refractivity contribution is 7.11. The van der Waals surface area contributed by atoms with Crippen LogP contribution in [0.5, 0.6) is 5.75 Å². The zero-order valence-electron chi connectivity index (χ0n) is 15.0. The number of benzene rings is 1. The van der Waals surface area contributed by atoms with Gasteiger partial charge in [0.05, 0.1) is 23.8 Å². The number of nitrogens with zero attached hydrogens (tertiary/aromatic N) is 2. The molecule has 1 unspecified atom stereocenters. The first-order valence-corrected chi connectivity index (χ1v) is 8.91. The summed E-state index contributed by atoms with van der Waals surface area (Å²) in [5, 5.41) is 7.72. The summed E-state index contributed by atoms with van der Waals surface area (Å²) in [6, 6.07) is 8.05. The highest BCUT2D eigenvalue weighted by Gasteiger charge is 2.09. The minimum atomic E-state index is 0.0389. The lowest BCUT2D eigenvalue weighted by atomic mass is 10.2. The number of hydrogen-bond donors (Lipinski definition) is 2. The van der Waals surface area contributed by atoms with Crippen LogP contribution < -0.4 is 15.4 Å². The van der Waals surface area contributed by atoms with Gasteiger partial charge >= 0.3 is 0 Å². The number of nitrogens with one attached hydrogen (secondary N) is 2. The number of aryl methyl sites for hydroxylation is 3. The molecule has 24 heavy (non-hydrogen) atoms. The highest BCUT2D eigenvalue weighted by atomic mass is 32.1. The van der Waals surface area contributed by atoms with Gasteiger partial charge in [-0.05, 0) is 39.3 Å². The lowest BCUT2D eigenvalue weighted by Gasteiger charge is -2.18. The normalized spacial score (nSPS) is 12.8. The van der Waals surface area contributed by atoms with E-state index in [-0.39, 0.29) is 6.10 Å². The quantitative estimate of drug-likeness (QED) is 0.623. The predicted octanol–water partition coefficient (Wildman–Crippen LogP) is 3.20. The SMILES string of the molecule is CN=C(NCc1sc(C)nc1C)NCC(C)Oc1ccccc1C. The highest BCUT2D eigenvalue weighted by Crippen LogP contribution is 2.18. The van der Waals surface area contributed by atoms with Gasteiger partial charge in [0.2, 0.25) is 0 Å². The van der Waals surface area contributed by atoms with Crippen molar-refractivity contribution < 1.29 is 4.74 Å². The molecule has 6 heteroatoms. The van der Waals surface area contributed by atoms with Crippen LogP contribution in [0.1, 0.15) is 28.1 Å². The van der Waals surface area contributed by atoms with Gasteiger partial charge < -0.3 is 15.4 Å². The fourth-order valence-electron chi connectivity index (χ4n) is 2.31. The van der Waals surface area contributed by atoms with E-state index in [4.69, 9.17) is 4.74 Å². The topological polar surface area (TPSA) is 58.5 Å². The lowest BCUT2D eigenvalue weighted by Crippen LogP contribution is -2.41. The van der Waals surface area contributed by atoms with Crippen LogP contribution in [0.4, 0.5) is 0 Å². The van der Waals surface area contributed by atoms with Crippen LogP contribution in [0.15, 0.2) is 29.3 Å². The number of hydrogen-bond acceptors (Lipinski definition) is 4. The second-order valence-corrected chi connectivity index (χ2v) is 7.03. The fourth-order valence-corrected chi connectivity index (χ4v) is 3.19. The number of aliphatic imine (C=N–C) groups is 1. The van der Waals surface area contributed by atoms with Crippen LogP contribution in [0.2, 0.25) is 0 Å². The number of aromatic nitrogens is 1. The monoisotopic (exact) mass is 346 g/mol. The molecular formula is C18H26N4OS. The Bertz CT molecular complexity index is 696. The molecule has 0 aliphatic heterocycles. The number of ether oxygens (including phenoxy) is 1. The number of guanidine groups is 1. The maximum absolute atomic E-state index is 5.97. The van der Waals surface area contributed by atoms with E-state index in [1.165, 1.54) is 4.88 Å². The maximum Gasteiger partial charge on any atom is 0.191 e. The number of rotatable bonds is 6. The molecule has 0 aliphatic rings. The van der Waals surface area contributed by atoms with Gasteiger partial charge in [0.25, 0.3) is 0 Å². The van der Waals surface area contributed by atoms with Crippen molar-refractivity contribution in [1.29, 1.82) is 0 Å². The van der Waals surface area contributed by atoms with Crippen molar-refractivity contribution in [2.75, 3.05) is 13.6 Å². The van der Waals surface area contributed by atoms with Crippen molar-refractivity contribution in [1.82, 2.24) is 15.6 Å². The molecular weight excluding hydrogens is 320 g/mol. The molecule has 1 atom stereocenters. The van der Waals surface area contributed by atoms with Crippen LogP contribution in [-0.2, 0) is 6.54 Å². The summed E-state index contributed by atoms with van der Waals surface area (Å²) in [4.78, 5) is 9.94. The molecule has 5 nitrogen and oxygen atoms in total. The largest absolute Gasteiger partial charge is 0.489 e.